The van der Waals surface area contributed by atoms with Gasteiger partial charge in [-0.05, 0) is 19.1 Å². The first-order valence-corrected chi connectivity index (χ1v) is 6.29. The van der Waals surface area contributed by atoms with Crippen LogP contribution in [0.25, 0.3) is 0 Å². The van der Waals surface area contributed by atoms with Gasteiger partial charge in [0.05, 0.1) is 0 Å². The average molecular weight is 274 g/mol. The number of hydrogen-bond acceptors (Lipinski definition) is 6. The van der Waals surface area contributed by atoms with E-state index in [1.807, 2.05) is 19.1 Å². The largest absolute Gasteiger partial charge is 0.486 e. The molecule has 20 heavy (non-hydrogen) atoms. The number of rotatable bonds is 4. The summed E-state index contributed by atoms with van der Waals surface area (Å²) < 4.78 is 12.9. The fraction of sp³-hybridized carbons (Fsp3) is 0.308. The van der Waals surface area contributed by atoms with E-state index in [2.05, 4.69) is 15.2 Å². The number of ether oxygens (including phenoxy) is 2. The van der Waals surface area contributed by atoms with Crippen molar-refractivity contribution >= 4 is 5.71 Å². The molecule has 2 aromatic rings. The number of hydrogen-bond donors (Lipinski definition) is 1. The number of benzene rings is 1. The van der Waals surface area contributed by atoms with E-state index >= 15 is 0 Å². The molecule has 2 heterocycles. The first kappa shape index (κ1) is 12.5. The Labute approximate surface area is 115 Å². The summed E-state index contributed by atoms with van der Waals surface area (Å²) in [7, 11) is 0. The van der Waals surface area contributed by atoms with Gasteiger partial charge in [-0.2, -0.15) is 5.10 Å². The predicted molar refractivity (Wildman–Crippen MR) is 70.3 cm³/mol. The molecule has 1 aromatic carbocycles. The summed E-state index contributed by atoms with van der Waals surface area (Å²) in [4.78, 5) is 4.14. The Kier molecular flexibility index (Phi) is 3.24. The van der Waals surface area contributed by atoms with Crippen molar-refractivity contribution in [3.8, 4) is 11.5 Å². The predicted octanol–water partition coefficient (Wildman–Crippen LogP) is 1.45. The summed E-state index contributed by atoms with van der Waals surface area (Å²) in [6.45, 7) is 3.37. The summed E-state index contributed by atoms with van der Waals surface area (Å²) in [6, 6.07) is 5.41. The molecule has 0 saturated carbocycles. The summed E-state index contributed by atoms with van der Waals surface area (Å²) in [5.74, 6) is 2.10. The van der Waals surface area contributed by atoms with E-state index in [-0.39, 0.29) is 6.61 Å². The van der Waals surface area contributed by atoms with Gasteiger partial charge in [0.1, 0.15) is 36.8 Å². The molecule has 0 bridgehead atoms. The lowest BCUT2D eigenvalue weighted by Gasteiger charge is -2.07. The van der Waals surface area contributed by atoms with Crippen LogP contribution in [-0.2, 0) is 13.2 Å². The molecule has 0 amide bonds. The highest BCUT2D eigenvalue weighted by atomic mass is 16.5. The van der Waals surface area contributed by atoms with Crippen LogP contribution in [0.15, 0.2) is 29.7 Å². The molecule has 0 saturated heterocycles. The molecule has 7 heteroatoms. The lowest BCUT2D eigenvalue weighted by molar-refractivity contribution is 0.285. The van der Waals surface area contributed by atoms with Crippen LogP contribution in [0, 0.1) is 0 Å². The third kappa shape index (κ3) is 2.18. The summed E-state index contributed by atoms with van der Waals surface area (Å²) in [5.41, 5.74) is 1.31. The zero-order valence-corrected chi connectivity index (χ0v) is 11.0. The number of aryl methyl sites for hydroxylation is 1. The van der Waals surface area contributed by atoms with Gasteiger partial charge in [0, 0.05) is 18.2 Å². The van der Waals surface area contributed by atoms with Crippen molar-refractivity contribution in [2.24, 2.45) is 5.16 Å². The molecule has 0 radical (unpaired) electrons. The van der Waals surface area contributed by atoms with Crippen LogP contribution < -0.4 is 9.47 Å². The highest BCUT2D eigenvalue weighted by Gasteiger charge is 2.20. The van der Waals surface area contributed by atoms with Crippen LogP contribution in [0.3, 0.4) is 0 Å². The van der Waals surface area contributed by atoms with E-state index in [0.717, 1.165) is 17.9 Å². The second-order valence-corrected chi connectivity index (χ2v) is 4.27. The maximum absolute atomic E-state index is 8.83. The normalized spacial score (nSPS) is 15.2. The van der Waals surface area contributed by atoms with Crippen LogP contribution in [0.1, 0.15) is 18.3 Å². The van der Waals surface area contributed by atoms with E-state index in [4.69, 9.17) is 14.7 Å². The van der Waals surface area contributed by atoms with Crippen molar-refractivity contribution in [2.75, 3.05) is 6.61 Å². The SMILES string of the molecule is CCn1ncnc1COc1ccc2c(c1)OCC2=NO. The Hall–Kier alpha value is -2.57. The molecule has 1 aliphatic heterocycles. The van der Waals surface area contributed by atoms with Crippen molar-refractivity contribution < 1.29 is 14.7 Å². The Balaban J connectivity index is 1.73. The first-order valence-electron chi connectivity index (χ1n) is 6.29. The number of nitrogens with zero attached hydrogens (tertiary/aromatic N) is 4. The average Bonchev–Trinajstić information content (AvgIpc) is 3.10. The topological polar surface area (TPSA) is 81.8 Å². The minimum Gasteiger partial charge on any atom is -0.486 e. The van der Waals surface area contributed by atoms with Crippen LogP contribution in [0.2, 0.25) is 0 Å². The van der Waals surface area contributed by atoms with Crippen LogP contribution in [0.4, 0.5) is 0 Å². The zero-order valence-electron chi connectivity index (χ0n) is 11.0. The lowest BCUT2D eigenvalue weighted by Crippen LogP contribution is -2.07. The smallest absolute Gasteiger partial charge is 0.164 e. The van der Waals surface area contributed by atoms with Crippen molar-refractivity contribution in [1.29, 1.82) is 0 Å². The molecule has 0 spiro atoms. The molecule has 0 unspecified atom stereocenters. The van der Waals surface area contributed by atoms with Gasteiger partial charge in [0.15, 0.2) is 5.82 Å². The zero-order chi connectivity index (χ0) is 13.9. The van der Waals surface area contributed by atoms with E-state index < -0.39 is 0 Å². The second kappa shape index (κ2) is 5.20. The first-order chi connectivity index (χ1) is 9.81. The van der Waals surface area contributed by atoms with Gasteiger partial charge in [-0.1, -0.05) is 5.16 Å². The Morgan fingerprint density at radius 1 is 1.50 bits per heavy atom. The van der Waals surface area contributed by atoms with Crippen LogP contribution in [-0.4, -0.2) is 32.3 Å². The van der Waals surface area contributed by atoms with Crippen molar-refractivity contribution in [3.63, 3.8) is 0 Å². The Bertz CT molecular complexity index is 651. The molecular formula is C13H14N4O3. The molecule has 1 aromatic heterocycles. The van der Waals surface area contributed by atoms with Gasteiger partial charge in [0.25, 0.3) is 0 Å². The third-order valence-corrected chi connectivity index (χ3v) is 3.11. The van der Waals surface area contributed by atoms with Crippen molar-refractivity contribution in [1.82, 2.24) is 14.8 Å². The Morgan fingerprint density at radius 3 is 3.20 bits per heavy atom. The number of oxime groups is 1. The van der Waals surface area contributed by atoms with E-state index in [1.54, 1.807) is 10.7 Å². The molecule has 1 aliphatic rings. The standard InChI is InChI=1S/C13H14N4O3/c1-2-17-13(14-8-15-17)7-19-9-3-4-10-11(16-18)6-20-12(10)5-9/h3-5,8,18H,2,6-7H2,1H3. The monoisotopic (exact) mass is 274 g/mol. The van der Waals surface area contributed by atoms with Gasteiger partial charge in [0.2, 0.25) is 0 Å². The van der Waals surface area contributed by atoms with Gasteiger partial charge in [-0.3, -0.25) is 0 Å². The van der Waals surface area contributed by atoms with Crippen molar-refractivity contribution in [3.05, 3.63) is 35.9 Å². The van der Waals surface area contributed by atoms with Crippen LogP contribution in [0.5, 0.6) is 11.5 Å². The molecular weight excluding hydrogens is 260 g/mol. The minimum atomic E-state index is 0.277. The lowest BCUT2D eigenvalue weighted by atomic mass is 10.1. The molecule has 0 aliphatic carbocycles. The molecule has 0 atom stereocenters. The summed E-state index contributed by atoms with van der Waals surface area (Å²) >= 11 is 0. The van der Waals surface area contributed by atoms with Crippen molar-refractivity contribution in [2.45, 2.75) is 20.1 Å². The van der Waals surface area contributed by atoms with Gasteiger partial charge in [-0.15, -0.1) is 0 Å². The van der Waals surface area contributed by atoms with Gasteiger partial charge in [-0.25, -0.2) is 9.67 Å². The number of aromatic nitrogens is 3. The van der Waals surface area contributed by atoms with Crippen LogP contribution >= 0.6 is 0 Å². The van der Waals surface area contributed by atoms with Gasteiger partial charge < -0.3 is 14.7 Å². The van der Waals surface area contributed by atoms with E-state index in [9.17, 15) is 0 Å². The molecule has 3 rings (SSSR count). The maximum atomic E-state index is 8.83. The molecule has 1 N–H and O–H groups in total. The molecule has 7 nitrogen and oxygen atoms in total. The van der Waals surface area contributed by atoms with E-state index in [0.29, 0.717) is 23.8 Å². The number of fused-ring (bicyclic) bond motifs is 1. The van der Waals surface area contributed by atoms with Gasteiger partial charge >= 0.3 is 0 Å². The third-order valence-electron chi connectivity index (χ3n) is 3.11. The Morgan fingerprint density at radius 2 is 2.40 bits per heavy atom. The second-order valence-electron chi connectivity index (χ2n) is 4.27. The summed E-state index contributed by atoms with van der Waals surface area (Å²) in [6.07, 6.45) is 1.51. The minimum absolute atomic E-state index is 0.277. The molecule has 104 valence electrons. The highest BCUT2D eigenvalue weighted by Crippen LogP contribution is 2.30. The summed E-state index contributed by atoms with van der Waals surface area (Å²) in [5, 5.41) is 16.1. The quantitative estimate of drug-likeness (QED) is 0.674. The maximum Gasteiger partial charge on any atom is 0.164 e. The fourth-order valence-electron chi connectivity index (χ4n) is 2.07. The van der Waals surface area contributed by atoms with E-state index in [1.165, 1.54) is 6.33 Å². The molecule has 0 fully saturated rings. The fourth-order valence-corrected chi connectivity index (χ4v) is 2.07. The highest BCUT2D eigenvalue weighted by molar-refractivity contribution is 6.05.